The Balaban J connectivity index is 2.14. The lowest BCUT2D eigenvalue weighted by Gasteiger charge is -2.13. The molecule has 3 aromatic heterocycles. The number of halogens is 1. The minimum absolute atomic E-state index is 0.637. The monoisotopic (exact) mass is 351 g/mol. The van der Waals surface area contributed by atoms with E-state index in [1.165, 1.54) is 0 Å². The highest BCUT2D eigenvalue weighted by Gasteiger charge is 2.19. The summed E-state index contributed by atoms with van der Waals surface area (Å²) >= 11 is 6.81. The molecule has 0 radical (unpaired) electrons. The first-order chi connectivity index (χ1) is 11.9. The van der Waals surface area contributed by atoms with Crippen molar-refractivity contribution in [3.8, 4) is 11.1 Å². The van der Waals surface area contributed by atoms with Crippen molar-refractivity contribution in [3.63, 3.8) is 0 Å². The molecule has 4 nitrogen and oxygen atoms in total. The van der Waals surface area contributed by atoms with Crippen molar-refractivity contribution in [2.45, 2.75) is 20.8 Å². The van der Waals surface area contributed by atoms with E-state index in [0.717, 1.165) is 50.9 Å². The normalized spacial score (nSPS) is 11.6. The predicted octanol–water partition coefficient (Wildman–Crippen LogP) is 4.88. The molecule has 5 heteroatoms. The maximum atomic E-state index is 11.4. The second kappa shape index (κ2) is 5.46. The standard InChI is InChI=1S/C20H18ClN3O/c1-11-9-16-19(22-13(3)23(16)4)18(21)17(11)15-6-5-7-24-14(10-25)8-12(2)20(15)24/h5-10H,1-4H3. The number of pyridine rings is 1. The Morgan fingerprint density at radius 1 is 1.16 bits per heavy atom. The van der Waals surface area contributed by atoms with E-state index in [0.29, 0.717) is 10.7 Å². The Morgan fingerprint density at radius 3 is 2.64 bits per heavy atom. The Bertz CT molecular complexity index is 1170. The van der Waals surface area contributed by atoms with Crippen LogP contribution in [0, 0.1) is 20.8 Å². The molecule has 4 aromatic rings. The van der Waals surface area contributed by atoms with Crippen molar-refractivity contribution >= 4 is 34.4 Å². The molecule has 0 bridgehead atoms. The number of nitrogens with zero attached hydrogens (tertiary/aromatic N) is 3. The average Bonchev–Trinajstić information content (AvgIpc) is 3.07. The first-order valence-electron chi connectivity index (χ1n) is 8.12. The largest absolute Gasteiger partial charge is 0.331 e. The average molecular weight is 352 g/mol. The summed E-state index contributed by atoms with van der Waals surface area (Å²) < 4.78 is 3.97. The van der Waals surface area contributed by atoms with Crippen LogP contribution in [0.3, 0.4) is 0 Å². The van der Waals surface area contributed by atoms with E-state index in [9.17, 15) is 4.79 Å². The second-order valence-corrected chi connectivity index (χ2v) is 6.86. The van der Waals surface area contributed by atoms with Crippen molar-refractivity contribution in [2.24, 2.45) is 7.05 Å². The van der Waals surface area contributed by atoms with E-state index in [-0.39, 0.29) is 0 Å². The number of carbonyl (C=O) groups excluding carboxylic acids is 1. The molecular weight excluding hydrogens is 334 g/mol. The highest BCUT2D eigenvalue weighted by molar-refractivity contribution is 6.38. The SMILES string of the molecule is Cc1cc2c(nc(C)n2C)c(Cl)c1-c1cccn2c(C=O)cc(C)c12. The van der Waals surface area contributed by atoms with Crippen molar-refractivity contribution in [3.05, 3.63) is 58.1 Å². The number of aldehydes is 1. The summed E-state index contributed by atoms with van der Waals surface area (Å²) in [5.74, 6) is 0.925. The lowest BCUT2D eigenvalue weighted by atomic mass is 9.98. The van der Waals surface area contributed by atoms with Crippen LogP contribution in [0.4, 0.5) is 0 Å². The van der Waals surface area contributed by atoms with Gasteiger partial charge in [-0.15, -0.1) is 0 Å². The number of fused-ring (bicyclic) bond motifs is 2. The maximum Gasteiger partial charge on any atom is 0.166 e. The minimum Gasteiger partial charge on any atom is -0.331 e. The lowest BCUT2D eigenvalue weighted by Crippen LogP contribution is -1.95. The topological polar surface area (TPSA) is 39.3 Å². The zero-order valence-corrected chi connectivity index (χ0v) is 15.3. The van der Waals surface area contributed by atoms with Gasteiger partial charge in [-0.2, -0.15) is 0 Å². The molecule has 4 rings (SSSR count). The van der Waals surface area contributed by atoms with Gasteiger partial charge in [0.2, 0.25) is 0 Å². The van der Waals surface area contributed by atoms with Gasteiger partial charge in [-0.25, -0.2) is 4.98 Å². The first kappa shape index (κ1) is 15.9. The second-order valence-electron chi connectivity index (χ2n) is 6.48. The van der Waals surface area contributed by atoms with Crippen molar-refractivity contribution in [2.75, 3.05) is 0 Å². The third-order valence-corrected chi connectivity index (χ3v) is 5.31. The van der Waals surface area contributed by atoms with Crippen LogP contribution in [0.2, 0.25) is 5.02 Å². The number of imidazole rings is 1. The van der Waals surface area contributed by atoms with Gasteiger partial charge in [0.25, 0.3) is 0 Å². The first-order valence-corrected chi connectivity index (χ1v) is 8.50. The number of rotatable bonds is 2. The van der Waals surface area contributed by atoms with Gasteiger partial charge in [0.05, 0.1) is 21.7 Å². The fourth-order valence-corrected chi connectivity index (χ4v) is 4.02. The Morgan fingerprint density at radius 2 is 1.92 bits per heavy atom. The third kappa shape index (κ3) is 2.14. The summed E-state index contributed by atoms with van der Waals surface area (Å²) in [6, 6.07) is 8.02. The van der Waals surface area contributed by atoms with Crippen LogP contribution in [0.5, 0.6) is 0 Å². The lowest BCUT2D eigenvalue weighted by molar-refractivity contribution is 0.111. The van der Waals surface area contributed by atoms with E-state index >= 15 is 0 Å². The fourth-order valence-electron chi connectivity index (χ4n) is 3.63. The van der Waals surface area contributed by atoms with Gasteiger partial charge < -0.3 is 8.97 Å². The van der Waals surface area contributed by atoms with Gasteiger partial charge in [-0.3, -0.25) is 4.79 Å². The molecule has 0 fully saturated rings. The molecule has 0 aliphatic carbocycles. The van der Waals surface area contributed by atoms with E-state index in [2.05, 4.69) is 18.0 Å². The van der Waals surface area contributed by atoms with Crippen LogP contribution in [0.1, 0.15) is 27.4 Å². The summed E-state index contributed by atoms with van der Waals surface area (Å²) in [6.07, 6.45) is 2.78. The summed E-state index contributed by atoms with van der Waals surface area (Å²) in [4.78, 5) is 16.0. The molecule has 0 aliphatic rings. The summed E-state index contributed by atoms with van der Waals surface area (Å²) in [5.41, 5.74) is 7.59. The molecule has 0 saturated carbocycles. The van der Waals surface area contributed by atoms with Gasteiger partial charge in [-0.1, -0.05) is 17.7 Å². The van der Waals surface area contributed by atoms with Gasteiger partial charge in [-0.05, 0) is 50.1 Å². The minimum atomic E-state index is 0.637. The number of hydrogen-bond donors (Lipinski definition) is 0. The molecule has 3 heterocycles. The van der Waals surface area contributed by atoms with E-state index in [1.807, 2.05) is 54.3 Å². The molecule has 0 amide bonds. The number of hydrogen-bond acceptors (Lipinski definition) is 2. The zero-order valence-electron chi connectivity index (χ0n) is 14.6. The van der Waals surface area contributed by atoms with Gasteiger partial charge >= 0.3 is 0 Å². The Kier molecular flexibility index (Phi) is 3.48. The predicted molar refractivity (Wildman–Crippen MR) is 102 cm³/mol. The Labute approximate surface area is 150 Å². The third-order valence-electron chi connectivity index (χ3n) is 4.94. The molecule has 0 N–H and O–H groups in total. The number of aryl methyl sites for hydroxylation is 4. The highest BCUT2D eigenvalue weighted by atomic mass is 35.5. The molecular formula is C20H18ClN3O. The van der Waals surface area contributed by atoms with Crippen LogP contribution in [0.25, 0.3) is 27.7 Å². The van der Waals surface area contributed by atoms with Crippen LogP contribution in [-0.2, 0) is 7.05 Å². The van der Waals surface area contributed by atoms with Crippen LogP contribution in [-0.4, -0.2) is 20.2 Å². The molecule has 0 saturated heterocycles. The maximum absolute atomic E-state index is 11.4. The Hall–Kier alpha value is -2.59. The summed E-state index contributed by atoms with van der Waals surface area (Å²) in [6.45, 7) is 6.05. The van der Waals surface area contributed by atoms with Gasteiger partial charge in [0.1, 0.15) is 11.3 Å². The number of carbonyl (C=O) groups is 1. The molecule has 0 spiro atoms. The number of aromatic nitrogens is 3. The quantitative estimate of drug-likeness (QED) is 0.482. The van der Waals surface area contributed by atoms with E-state index in [4.69, 9.17) is 11.6 Å². The molecule has 1 aromatic carbocycles. The highest BCUT2D eigenvalue weighted by Crippen LogP contribution is 2.40. The van der Waals surface area contributed by atoms with Gasteiger partial charge in [0.15, 0.2) is 6.29 Å². The molecule has 0 unspecified atom stereocenters. The molecule has 126 valence electrons. The van der Waals surface area contributed by atoms with E-state index in [1.54, 1.807) is 0 Å². The van der Waals surface area contributed by atoms with E-state index < -0.39 is 0 Å². The van der Waals surface area contributed by atoms with Crippen molar-refractivity contribution in [1.29, 1.82) is 0 Å². The van der Waals surface area contributed by atoms with Crippen molar-refractivity contribution in [1.82, 2.24) is 14.0 Å². The zero-order chi connectivity index (χ0) is 17.9. The molecule has 0 aliphatic heterocycles. The van der Waals surface area contributed by atoms with Crippen LogP contribution < -0.4 is 0 Å². The van der Waals surface area contributed by atoms with Gasteiger partial charge in [0, 0.05) is 24.4 Å². The molecule has 0 atom stereocenters. The summed E-state index contributed by atoms with van der Waals surface area (Å²) in [5, 5.41) is 0.653. The number of benzene rings is 1. The summed E-state index contributed by atoms with van der Waals surface area (Å²) in [7, 11) is 1.99. The fraction of sp³-hybridized carbons (Fsp3) is 0.200. The van der Waals surface area contributed by atoms with Crippen LogP contribution in [0.15, 0.2) is 30.5 Å². The van der Waals surface area contributed by atoms with Crippen molar-refractivity contribution < 1.29 is 4.79 Å². The smallest absolute Gasteiger partial charge is 0.166 e. The van der Waals surface area contributed by atoms with Crippen LogP contribution >= 0.6 is 11.6 Å². The molecule has 25 heavy (non-hydrogen) atoms.